The Bertz CT molecular complexity index is 919. The van der Waals surface area contributed by atoms with Gasteiger partial charge in [-0.2, -0.15) is 0 Å². The molecular weight excluding hydrogens is 391 g/mol. The fourth-order valence-electron chi connectivity index (χ4n) is 2.42. The van der Waals surface area contributed by atoms with E-state index in [0.29, 0.717) is 29.7 Å². The molecule has 0 saturated carbocycles. The molecule has 2 N–H and O–H groups in total. The molecule has 0 unspecified atom stereocenters. The molecule has 0 saturated heterocycles. The quantitative estimate of drug-likeness (QED) is 0.509. The minimum Gasteiger partial charge on any atom is -0.494 e. The van der Waals surface area contributed by atoms with E-state index in [-0.39, 0.29) is 17.5 Å². The van der Waals surface area contributed by atoms with Crippen molar-refractivity contribution in [1.82, 2.24) is 10.2 Å². The van der Waals surface area contributed by atoms with Crippen molar-refractivity contribution < 1.29 is 13.9 Å². The maximum Gasteiger partial charge on any atom is 0.234 e. The molecule has 1 aromatic heterocycles. The Balaban J connectivity index is 1.43. The monoisotopic (exact) mass is 412 g/mol. The van der Waals surface area contributed by atoms with Crippen LogP contribution in [0.25, 0.3) is 0 Å². The van der Waals surface area contributed by atoms with Crippen LogP contribution in [-0.2, 0) is 11.3 Å². The summed E-state index contributed by atoms with van der Waals surface area (Å²) in [5, 5.41) is 14.8. The van der Waals surface area contributed by atoms with E-state index in [0.717, 1.165) is 11.3 Å². The Morgan fingerprint density at radius 2 is 1.79 bits per heavy atom. The standard InChI is InChI=1S/C21H21FN4O2S/c1-2-28-18-9-7-17(8-10-18)24-20(27)14-29-21-12-11-19(25-26-21)23-13-15-3-5-16(22)6-4-15/h3-12H,2,13-14H2,1H3,(H,23,25)(H,24,27). The summed E-state index contributed by atoms with van der Waals surface area (Å²) in [5.74, 6) is 1.21. The fourth-order valence-corrected chi connectivity index (χ4v) is 3.04. The van der Waals surface area contributed by atoms with Crippen LogP contribution in [0.15, 0.2) is 65.7 Å². The molecule has 0 atom stereocenters. The summed E-state index contributed by atoms with van der Waals surface area (Å²) in [6, 6.07) is 17.1. The SMILES string of the molecule is CCOc1ccc(NC(=O)CSc2ccc(NCc3ccc(F)cc3)nn2)cc1. The third-order valence-electron chi connectivity index (χ3n) is 3.83. The van der Waals surface area contributed by atoms with Crippen molar-refractivity contribution in [3.63, 3.8) is 0 Å². The molecule has 0 aliphatic carbocycles. The Morgan fingerprint density at radius 1 is 1.03 bits per heavy atom. The molecular formula is C21H21FN4O2S. The largest absolute Gasteiger partial charge is 0.494 e. The lowest BCUT2D eigenvalue weighted by molar-refractivity contribution is -0.113. The maximum atomic E-state index is 12.9. The fraction of sp³-hybridized carbons (Fsp3) is 0.190. The lowest BCUT2D eigenvalue weighted by Gasteiger charge is -2.07. The van der Waals surface area contributed by atoms with Crippen molar-refractivity contribution in [2.75, 3.05) is 23.0 Å². The average molecular weight is 412 g/mol. The number of thioether (sulfide) groups is 1. The predicted octanol–water partition coefficient (Wildman–Crippen LogP) is 4.36. The Hall–Kier alpha value is -3.13. The van der Waals surface area contributed by atoms with E-state index in [1.165, 1.54) is 23.9 Å². The van der Waals surface area contributed by atoms with Crippen molar-refractivity contribution in [3.8, 4) is 5.75 Å². The van der Waals surface area contributed by atoms with Gasteiger partial charge in [0, 0.05) is 12.2 Å². The number of amides is 1. The topological polar surface area (TPSA) is 76.1 Å². The zero-order chi connectivity index (χ0) is 20.5. The van der Waals surface area contributed by atoms with Crippen molar-refractivity contribution >= 4 is 29.2 Å². The minimum atomic E-state index is -0.263. The average Bonchev–Trinajstić information content (AvgIpc) is 2.74. The molecule has 2 aromatic carbocycles. The van der Waals surface area contributed by atoms with Gasteiger partial charge in [0.25, 0.3) is 0 Å². The summed E-state index contributed by atoms with van der Waals surface area (Å²) < 4.78 is 18.3. The van der Waals surface area contributed by atoms with Crippen LogP contribution in [0.5, 0.6) is 5.75 Å². The second kappa shape index (κ2) is 10.4. The van der Waals surface area contributed by atoms with E-state index in [9.17, 15) is 9.18 Å². The van der Waals surface area contributed by atoms with Gasteiger partial charge in [-0.3, -0.25) is 4.79 Å². The number of nitrogens with one attached hydrogen (secondary N) is 2. The first kappa shape index (κ1) is 20.6. The highest BCUT2D eigenvalue weighted by Crippen LogP contribution is 2.18. The number of ether oxygens (including phenoxy) is 1. The lowest BCUT2D eigenvalue weighted by Crippen LogP contribution is -2.14. The number of nitrogens with zero attached hydrogens (tertiary/aromatic N) is 2. The van der Waals surface area contributed by atoms with E-state index in [1.54, 1.807) is 36.4 Å². The highest BCUT2D eigenvalue weighted by atomic mass is 32.2. The highest BCUT2D eigenvalue weighted by molar-refractivity contribution is 7.99. The molecule has 150 valence electrons. The molecule has 8 heteroatoms. The lowest BCUT2D eigenvalue weighted by atomic mass is 10.2. The molecule has 1 amide bonds. The number of aromatic nitrogens is 2. The van der Waals surface area contributed by atoms with Crippen LogP contribution in [0, 0.1) is 5.82 Å². The summed E-state index contributed by atoms with van der Waals surface area (Å²) in [6.45, 7) is 3.04. The molecule has 6 nitrogen and oxygen atoms in total. The molecule has 0 bridgehead atoms. The molecule has 0 fully saturated rings. The normalized spacial score (nSPS) is 10.4. The van der Waals surface area contributed by atoms with E-state index in [4.69, 9.17) is 4.74 Å². The maximum absolute atomic E-state index is 12.9. The van der Waals surface area contributed by atoms with Gasteiger partial charge in [-0.1, -0.05) is 23.9 Å². The Kier molecular flexibility index (Phi) is 7.40. The van der Waals surface area contributed by atoms with Gasteiger partial charge in [-0.05, 0) is 61.0 Å². The van der Waals surface area contributed by atoms with Gasteiger partial charge in [-0.15, -0.1) is 10.2 Å². The van der Waals surface area contributed by atoms with Gasteiger partial charge >= 0.3 is 0 Å². The number of hydrogen-bond acceptors (Lipinski definition) is 6. The summed E-state index contributed by atoms with van der Waals surface area (Å²) >= 11 is 1.30. The number of halogens is 1. The second-order valence-corrected chi connectivity index (χ2v) is 7.03. The summed E-state index contributed by atoms with van der Waals surface area (Å²) in [5.41, 5.74) is 1.66. The number of carbonyl (C=O) groups excluding carboxylic acids is 1. The zero-order valence-electron chi connectivity index (χ0n) is 15.9. The molecule has 0 aliphatic heterocycles. The van der Waals surface area contributed by atoms with Crippen LogP contribution in [-0.4, -0.2) is 28.5 Å². The van der Waals surface area contributed by atoms with Gasteiger partial charge < -0.3 is 15.4 Å². The number of rotatable bonds is 9. The summed E-state index contributed by atoms with van der Waals surface area (Å²) in [4.78, 5) is 12.1. The first-order valence-corrected chi connectivity index (χ1v) is 10.1. The van der Waals surface area contributed by atoms with Gasteiger partial charge in [0.15, 0.2) is 0 Å². The molecule has 3 rings (SSSR count). The van der Waals surface area contributed by atoms with E-state index < -0.39 is 0 Å². The summed E-state index contributed by atoms with van der Waals surface area (Å²) in [6.07, 6.45) is 0. The Labute approximate surface area is 172 Å². The smallest absolute Gasteiger partial charge is 0.234 e. The first-order chi connectivity index (χ1) is 14.1. The van der Waals surface area contributed by atoms with E-state index in [2.05, 4.69) is 20.8 Å². The van der Waals surface area contributed by atoms with E-state index in [1.807, 2.05) is 19.1 Å². The van der Waals surface area contributed by atoms with Gasteiger partial charge in [0.1, 0.15) is 22.4 Å². The molecule has 1 heterocycles. The van der Waals surface area contributed by atoms with Crippen LogP contribution in [0.1, 0.15) is 12.5 Å². The van der Waals surface area contributed by atoms with Crippen LogP contribution < -0.4 is 15.4 Å². The van der Waals surface area contributed by atoms with Crippen molar-refractivity contribution in [1.29, 1.82) is 0 Å². The van der Waals surface area contributed by atoms with Crippen LogP contribution in [0.2, 0.25) is 0 Å². The molecule has 29 heavy (non-hydrogen) atoms. The predicted molar refractivity (Wildman–Crippen MR) is 113 cm³/mol. The van der Waals surface area contributed by atoms with Crippen LogP contribution in [0.3, 0.4) is 0 Å². The van der Waals surface area contributed by atoms with Crippen molar-refractivity contribution in [2.45, 2.75) is 18.5 Å². The third kappa shape index (κ3) is 6.76. The molecule has 0 aliphatic rings. The first-order valence-electron chi connectivity index (χ1n) is 9.10. The number of benzene rings is 2. The van der Waals surface area contributed by atoms with Crippen molar-refractivity contribution in [3.05, 3.63) is 72.0 Å². The highest BCUT2D eigenvalue weighted by Gasteiger charge is 2.06. The van der Waals surface area contributed by atoms with Crippen LogP contribution in [0.4, 0.5) is 15.9 Å². The van der Waals surface area contributed by atoms with Gasteiger partial charge in [0.2, 0.25) is 5.91 Å². The number of hydrogen-bond donors (Lipinski definition) is 2. The third-order valence-corrected chi connectivity index (χ3v) is 4.75. The molecule has 0 radical (unpaired) electrons. The zero-order valence-corrected chi connectivity index (χ0v) is 16.7. The van der Waals surface area contributed by atoms with Crippen LogP contribution >= 0.6 is 11.8 Å². The molecule has 0 spiro atoms. The van der Waals surface area contributed by atoms with Gasteiger partial charge in [-0.25, -0.2) is 4.39 Å². The number of anilines is 2. The molecule has 3 aromatic rings. The Morgan fingerprint density at radius 3 is 2.45 bits per heavy atom. The van der Waals surface area contributed by atoms with Gasteiger partial charge in [0.05, 0.1) is 12.4 Å². The number of carbonyl (C=O) groups is 1. The van der Waals surface area contributed by atoms with Crippen molar-refractivity contribution in [2.24, 2.45) is 0 Å². The van der Waals surface area contributed by atoms with E-state index >= 15 is 0 Å². The minimum absolute atomic E-state index is 0.125. The summed E-state index contributed by atoms with van der Waals surface area (Å²) in [7, 11) is 0. The second-order valence-electron chi connectivity index (χ2n) is 6.03.